The molecule has 3 N–H and O–H groups in total. The molecule has 0 saturated heterocycles. The van der Waals surface area contributed by atoms with Crippen LogP contribution >= 0.6 is 22.6 Å². The van der Waals surface area contributed by atoms with Gasteiger partial charge in [-0.15, -0.1) is 0 Å². The first-order valence-corrected chi connectivity index (χ1v) is 9.49. The summed E-state index contributed by atoms with van der Waals surface area (Å²) in [6.45, 7) is 2.21. The summed E-state index contributed by atoms with van der Waals surface area (Å²) in [6, 6.07) is 8.63. The number of benzene rings is 2. The summed E-state index contributed by atoms with van der Waals surface area (Å²) in [5, 5.41) is 16.3. The number of hydrogen-bond donors (Lipinski definition) is 3. The van der Waals surface area contributed by atoms with Crippen molar-refractivity contribution in [2.24, 2.45) is 5.10 Å². The summed E-state index contributed by atoms with van der Waals surface area (Å²) in [5.74, 6) is -0.799. The largest absolute Gasteiger partial charge is 0.504 e. The minimum atomic E-state index is -0.427. The van der Waals surface area contributed by atoms with E-state index in [9.17, 15) is 19.1 Å². The number of hydrazone groups is 1. The smallest absolute Gasteiger partial charge is 0.240 e. The average Bonchev–Trinajstić information content (AvgIpc) is 2.66. The van der Waals surface area contributed by atoms with Gasteiger partial charge in [-0.3, -0.25) is 9.59 Å². The zero-order valence-corrected chi connectivity index (χ0v) is 17.2. The normalized spacial score (nSPS) is 10.7. The van der Waals surface area contributed by atoms with Crippen LogP contribution in [0.3, 0.4) is 0 Å². The molecule has 0 heterocycles. The number of nitrogens with one attached hydrogen (secondary N) is 2. The first-order chi connectivity index (χ1) is 13.4. The Hall–Kier alpha value is -2.69. The number of amides is 2. The first kappa shape index (κ1) is 21.6. The van der Waals surface area contributed by atoms with Crippen LogP contribution in [0.1, 0.15) is 25.3 Å². The Kier molecular flexibility index (Phi) is 8.18. The van der Waals surface area contributed by atoms with E-state index in [1.165, 1.54) is 30.5 Å². The minimum Gasteiger partial charge on any atom is -0.504 e. The van der Waals surface area contributed by atoms with Gasteiger partial charge in [-0.1, -0.05) is 0 Å². The summed E-state index contributed by atoms with van der Waals surface area (Å²) < 4.78 is 18.8. The number of aromatic hydroxyl groups is 1. The Labute approximate surface area is 175 Å². The number of ether oxygens (including phenoxy) is 1. The molecular weight excluding hydrogens is 480 g/mol. The quantitative estimate of drug-likeness (QED) is 0.295. The van der Waals surface area contributed by atoms with Crippen molar-refractivity contribution in [2.45, 2.75) is 19.8 Å². The molecule has 0 bridgehead atoms. The van der Waals surface area contributed by atoms with Gasteiger partial charge in [0.2, 0.25) is 11.8 Å². The Bertz CT molecular complexity index is 872. The van der Waals surface area contributed by atoms with E-state index in [4.69, 9.17) is 4.74 Å². The Balaban J connectivity index is 1.81. The lowest BCUT2D eigenvalue weighted by Gasteiger charge is -2.08. The maximum absolute atomic E-state index is 12.8. The first-order valence-electron chi connectivity index (χ1n) is 8.41. The zero-order valence-electron chi connectivity index (χ0n) is 15.0. The van der Waals surface area contributed by atoms with Gasteiger partial charge in [-0.25, -0.2) is 9.82 Å². The maximum atomic E-state index is 12.8. The fourth-order valence-corrected chi connectivity index (χ4v) is 2.78. The Morgan fingerprint density at radius 3 is 2.57 bits per heavy atom. The van der Waals surface area contributed by atoms with Crippen molar-refractivity contribution in [1.29, 1.82) is 0 Å². The molecule has 0 aliphatic rings. The fraction of sp³-hybridized carbons (Fsp3) is 0.211. The fourth-order valence-electron chi connectivity index (χ4n) is 2.15. The van der Waals surface area contributed by atoms with Crippen molar-refractivity contribution in [2.75, 3.05) is 11.9 Å². The summed E-state index contributed by atoms with van der Waals surface area (Å²) in [4.78, 5) is 23.6. The molecule has 2 aromatic carbocycles. The number of anilines is 1. The van der Waals surface area contributed by atoms with Crippen LogP contribution in [-0.4, -0.2) is 29.7 Å². The van der Waals surface area contributed by atoms with Gasteiger partial charge in [0.1, 0.15) is 5.82 Å². The highest BCUT2D eigenvalue weighted by Crippen LogP contribution is 2.32. The van der Waals surface area contributed by atoms with E-state index >= 15 is 0 Å². The molecule has 0 unspecified atom stereocenters. The van der Waals surface area contributed by atoms with Crippen molar-refractivity contribution < 1.29 is 23.8 Å². The number of hydrogen-bond acceptors (Lipinski definition) is 5. The average molecular weight is 499 g/mol. The highest BCUT2D eigenvalue weighted by atomic mass is 127. The van der Waals surface area contributed by atoms with E-state index in [0.29, 0.717) is 27.2 Å². The number of nitrogens with zero attached hydrogens (tertiary/aromatic N) is 1. The number of rotatable bonds is 8. The van der Waals surface area contributed by atoms with Gasteiger partial charge in [0.05, 0.1) is 16.4 Å². The topological polar surface area (TPSA) is 100 Å². The highest BCUT2D eigenvalue weighted by molar-refractivity contribution is 14.1. The van der Waals surface area contributed by atoms with E-state index in [1.54, 1.807) is 19.1 Å². The molecule has 2 amide bonds. The highest BCUT2D eigenvalue weighted by Gasteiger charge is 2.09. The molecular formula is C19H19FIN3O4. The summed E-state index contributed by atoms with van der Waals surface area (Å²) >= 11 is 1.97. The molecule has 148 valence electrons. The molecule has 0 saturated carbocycles. The van der Waals surface area contributed by atoms with E-state index < -0.39 is 11.7 Å². The van der Waals surface area contributed by atoms with Crippen molar-refractivity contribution in [3.8, 4) is 11.5 Å². The van der Waals surface area contributed by atoms with Crippen LogP contribution in [0.15, 0.2) is 41.5 Å². The molecule has 2 aromatic rings. The molecule has 9 heteroatoms. The molecule has 0 atom stereocenters. The number of phenols is 1. The third-order valence-corrected chi connectivity index (χ3v) is 4.28. The second-order valence-electron chi connectivity index (χ2n) is 5.63. The molecule has 0 aromatic heterocycles. The standard InChI is InChI=1S/C19H19FIN3O4/c1-2-28-16-10-12(9-15(21)19(16)27)11-22-24-18(26)8-7-17(25)23-14-5-3-13(20)4-6-14/h3-6,9-11,27H,2,7-8H2,1H3,(H,23,25)(H,24,26). The molecule has 0 fully saturated rings. The Morgan fingerprint density at radius 1 is 1.21 bits per heavy atom. The molecule has 0 aliphatic carbocycles. The zero-order chi connectivity index (χ0) is 20.5. The molecule has 7 nitrogen and oxygen atoms in total. The predicted molar refractivity (Wildman–Crippen MR) is 112 cm³/mol. The van der Waals surface area contributed by atoms with Crippen LogP contribution in [0.25, 0.3) is 0 Å². The minimum absolute atomic E-state index is 0.0374. The lowest BCUT2D eigenvalue weighted by molar-refractivity contribution is -0.124. The number of carbonyl (C=O) groups excluding carboxylic acids is 2. The van der Waals surface area contributed by atoms with Gasteiger partial charge in [-0.05, 0) is 71.5 Å². The van der Waals surface area contributed by atoms with Crippen molar-refractivity contribution >= 4 is 46.3 Å². The van der Waals surface area contributed by atoms with E-state index in [1.807, 2.05) is 22.6 Å². The van der Waals surface area contributed by atoms with Gasteiger partial charge in [-0.2, -0.15) is 5.10 Å². The third kappa shape index (κ3) is 6.80. The van der Waals surface area contributed by atoms with Crippen LogP contribution in [-0.2, 0) is 9.59 Å². The number of carbonyl (C=O) groups is 2. The maximum Gasteiger partial charge on any atom is 0.240 e. The second kappa shape index (κ2) is 10.6. The molecule has 0 aliphatic heterocycles. The Morgan fingerprint density at radius 2 is 1.89 bits per heavy atom. The van der Waals surface area contributed by atoms with Gasteiger partial charge in [0, 0.05) is 18.5 Å². The monoisotopic (exact) mass is 499 g/mol. The number of halogens is 2. The van der Waals surface area contributed by atoms with Gasteiger partial charge < -0.3 is 15.2 Å². The summed E-state index contributed by atoms with van der Waals surface area (Å²) in [7, 11) is 0. The van der Waals surface area contributed by atoms with E-state index in [-0.39, 0.29) is 24.5 Å². The van der Waals surface area contributed by atoms with Gasteiger partial charge in [0.15, 0.2) is 11.5 Å². The van der Waals surface area contributed by atoms with Crippen LogP contribution in [0.2, 0.25) is 0 Å². The lowest BCUT2D eigenvalue weighted by atomic mass is 10.2. The molecule has 0 spiro atoms. The van der Waals surface area contributed by atoms with Crippen LogP contribution < -0.4 is 15.5 Å². The third-order valence-electron chi connectivity index (χ3n) is 3.46. The number of phenolic OH excluding ortho intramolecular Hbond substituents is 1. The van der Waals surface area contributed by atoms with Gasteiger partial charge >= 0.3 is 0 Å². The van der Waals surface area contributed by atoms with Crippen LogP contribution in [0.4, 0.5) is 10.1 Å². The van der Waals surface area contributed by atoms with E-state index in [2.05, 4.69) is 15.8 Å². The SMILES string of the molecule is CCOc1cc(C=NNC(=O)CCC(=O)Nc2ccc(F)cc2)cc(I)c1O. The van der Waals surface area contributed by atoms with E-state index in [0.717, 1.165) is 0 Å². The van der Waals surface area contributed by atoms with Crippen molar-refractivity contribution in [3.05, 3.63) is 51.3 Å². The van der Waals surface area contributed by atoms with Crippen molar-refractivity contribution in [3.63, 3.8) is 0 Å². The second-order valence-corrected chi connectivity index (χ2v) is 6.79. The van der Waals surface area contributed by atoms with Gasteiger partial charge in [0.25, 0.3) is 0 Å². The predicted octanol–water partition coefficient (Wildman–Crippen LogP) is 3.40. The molecule has 2 rings (SSSR count). The molecule has 28 heavy (non-hydrogen) atoms. The van der Waals surface area contributed by atoms with Crippen molar-refractivity contribution in [1.82, 2.24) is 5.43 Å². The van der Waals surface area contributed by atoms with Crippen LogP contribution in [0.5, 0.6) is 11.5 Å². The molecule has 0 radical (unpaired) electrons. The summed E-state index contributed by atoms with van der Waals surface area (Å²) in [6.07, 6.45) is 1.33. The lowest BCUT2D eigenvalue weighted by Crippen LogP contribution is -2.20. The van der Waals surface area contributed by atoms with Crippen LogP contribution in [0, 0.1) is 9.39 Å². The summed E-state index contributed by atoms with van der Waals surface area (Å²) in [5.41, 5.74) is 3.43.